The van der Waals surface area contributed by atoms with Crippen molar-refractivity contribution in [1.29, 1.82) is 0 Å². The molecule has 21 heavy (non-hydrogen) atoms. The number of anilines is 1. The van der Waals surface area contributed by atoms with Crippen LogP contribution in [0.1, 0.15) is 21.6 Å². The van der Waals surface area contributed by atoms with Gasteiger partial charge in [0.25, 0.3) is 0 Å². The van der Waals surface area contributed by atoms with Gasteiger partial charge in [-0.05, 0) is 30.4 Å². The van der Waals surface area contributed by atoms with Crippen LogP contribution in [0.2, 0.25) is 5.02 Å². The molecule has 1 aliphatic carbocycles. The van der Waals surface area contributed by atoms with Crippen LogP contribution in [0.4, 0.5) is 5.69 Å². The molecular weight excluding hydrogens is 292 g/mol. The van der Waals surface area contributed by atoms with Crippen LogP contribution in [0.3, 0.4) is 0 Å². The summed E-state index contributed by atoms with van der Waals surface area (Å²) in [6.07, 6.45) is 4.30. The molecule has 0 amide bonds. The van der Waals surface area contributed by atoms with Crippen LogP contribution in [0.15, 0.2) is 40.8 Å². The van der Waals surface area contributed by atoms with Gasteiger partial charge < -0.3 is 9.84 Å². The maximum Gasteiger partial charge on any atom is 0.212 e. The van der Waals surface area contributed by atoms with Gasteiger partial charge in [0.05, 0.1) is 22.5 Å². The Morgan fingerprint density at radius 1 is 1.14 bits per heavy atom. The molecule has 5 nitrogen and oxygen atoms in total. The van der Waals surface area contributed by atoms with E-state index in [4.69, 9.17) is 16.1 Å². The molecule has 1 aromatic heterocycles. The number of carbonyl (C=O) groups excluding carboxylic acids is 2. The number of fused-ring (bicyclic) bond motifs is 2. The van der Waals surface area contributed by atoms with Crippen LogP contribution < -0.4 is 5.32 Å². The van der Waals surface area contributed by atoms with Gasteiger partial charge >= 0.3 is 0 Å². The lowest BCUT2D eigenvalue weighted by molar-refractivity contribution is -0.109. The minimum Gasteiger partial charge on any atom is -0.363 e. The van der Waals surface area contributed by atoms with Gasteiger partial charge in [-0.3, -0.25) is 9.59 Å². The number of hydrogen-bond acceptors (Lipinski definition) is 5. The zero-order valence-electron chi connectivity index (χ0n) is 10.5. The molecule has 102 valence electrons. The van der Waals surface area contributed by atoms with Crippen molar-refractivity contribution in [2.75, 3.05) is 5.32 Å². The van der Waals surface area contributed by atoms with Crippen molar-refractivity contribution >= 4 is 40.5 Å². The van der Waals surface area contributed by atoms with Crippen molar-refractivity contribution in [3.63, 3.8) is 0 Å². The Bertz CT molecular complexity index is 877. The molecule has 0 atom stereocenters. The second kappa shape index (κ2) is 4.17. The Kier molecular flexibility index (Phi) is 2.40. The summed E-state index contributed by atoms with van der Waals surface area (Å²) in [6.45, 7) is 0. The number of rotatable bonds is 0. The molecule has 0 unspecified atom stereocenters. The summed E-state index contributed by atoms with van der Waals surface area (Å²) in [5.41, 5.74) is 2.62. The summed E-state index contributed by atoms with van der Waals surface area (Å²) in [6, 6.07) is 4.93. The lowest BCUT2D eigenvalue weighted by Gasteiger charge is -2.10. The van der Waals surface area contributed by atoms with E-state index in [1.807, 2.05) is 0 Å². The monoisotopic (exact) mass is 298 g/mol. The molecule has 1 aromatic carbocycles. The highest BCUT2D eigenvalue weighted by Gasteiger charge is 2.33. The van der Waals surface area contributed by atoms with E-state index in [1.165, 1.54) is 12.3 Å². The molecule has 2 aromatic rings. The third-order valence-electron chi connectivity index (χ3n) is 3.47. The van der Waals surface area contributed by atoms with E-state index < -0.39 is 0 Å². The Balaban J connectivity index is 1.94. The van der Waals surface area contributed by atoms with Crippen molar-refractivity contribution in [3.8, 4) is 0 Å². The van der Waals surface area contributed by atoms with Gasteiger partial charge in [0, 0.05) is 10.6 Å². The fourth-order valence-corrected chi connectivity index (χ4v) is 2.67. The number of carbonyl (C=O) groups is 2. The van der Waals surface area contributed by atoms with E-state index in [0.717, 1.165) is 0 Å². The number of Topliss-reactive ketones (excluding diaryl/α,β-unsaturated/α-hetero) is 1. The SMILES string of the molecule is O=C1C=Cc2nocc2C1=C1Nc2cc(Cl)ccc2C1=O. The number of benzene rings is 1. The van der Waals surface area contributed by atoms with Crippen molar-refractivity contribution in [3.05, 3.63) is 58.1 Å². The fraction of sp³-hybridized carbons (Fsp3) is 0. The first kappa shape index (κ1) is 12.1. The molecule has 2 heterocycles. The lowest BCUT2D eigenvalue weighted by Crippen LogP contribution is -2.12. The molecule has 0 radical (unpaired) electrons. The number of nitrogens with zero attached hydrogens (tertiary/aromatic N) is 1. The van der Waals surface area contributed by atoms with Gasteiger partial charge in [0.15, 0.2) is 5.78 Å². The number of allylic oxidation sites excluding steroid dienone is 3. The highest BCUT2D eigenvalue weighted by atomic mass is 35.5. The predicted molar refractivity (Wildman–Crippen MR) is 76.9 cm³/mol. The predicted octanol–water partition coefficient (Wildman–Crippen LogP) is 2.94. The summed E-state index contributed by atoms with van der Waals surface area (Å²) in [7, 11) is 0. The maximum atomic E-state index is 12.5. The van der Waals surface area contributed by atoms with Gasteiger partial charge in [0.1, 0.15) is 12.0 Å². The Hall–Kier alpha value is -2.66. The minimum absolute atomic E-state index is 0.228. The lowest BCUT2D eigenvalue weighted by atomic mass is 9.93. The Morgan fingerprint density at radius 3 is 2.86 bits per heavy atom. The normalized spacial score (nSPS) is 19.5. The van der Waals surface area contributed by atoms with Gasteiger partial charge in [-0.25, -0.2) is 0 Å². The van der Waals surface area contributed by atoms with Crippen LogP contribution in [-0.2, 0) is 4.79 Å². The van der Waals surface area contributed by atoms with Gasteiger partial charge in [-0.2, -0.15) is 0 Å². The van der Waals surface area contributed by atoms with E-state index in [-0.39, 0.29) is 22.8 Å². The summed E-state index contributed by atoms with van der Waals surface area (Å²) in [5.74, 6) is -0.507. The van der Waals surface area contributed by atoms with Crippen LogP contribution >= 0.6 is 11.6 Å². The first-order chi connectivity index (χ1) is 10.1. The topological polar surface area (TPSA) is 72.2 Å². The summed E-state index contributed by atoms with van der Waals surface area (Å²) in [5, 5.41) is 7.28. The van der Waals surface area contributed by atoms with Crippen molar-refractivity contribution in [2.45, 2.75) is 0 Å². The third kappa shape index (κ3) is 1.68. The summed E-state index contributed by atoms with van der Waals surface area (Å²) in [4.78, 5) is 24.7. The highest BCUT2D eigenvalue weighted by Crippen LogP contribution is 2.36. The molecule has 4 rings (SSSR count). The fourth-order valence-electron chi connectivity index (χ4n) is 2.50. The van der Waals surface area contributed by atoms with Crippen LogP contribution in [0.25, 0.3) is 11.6 Å². The van der Waals surface area contributed by atoms with Crippen LogP contribution in [0.5, 0.6) is 0 Å². The largest absolute Gasteiger partial charge is 0.363 e. The van der Waals surface area contributed by atoms with E-state index in [1.54, 1.807) is 24.3 Å². The second-order valence-corrected chi connectivity index (χ2v) is 5.14. The zero-order valence-corrected chi connectivity index (χ0v) is 11.3. The van der Waals surface area contributed by atoms with Crippen molar-refractivity contribution < 1.29 is 14.1 Å². The molecular formula is C15H7ClN2O3. The van der Waals surface area contributed by atoms with E-state index >= 15 is 0 Å². The van der Waals surface area contributed by atoms with Crippen molar-refractivity contribution in [1.82, 2.24) is 5.16 Å². The number of ketones is 2. The molecule has 0 spiro atoms. The minimum atomic E-state index is -0.263. The maximum absolute atomic E-state index is 12.5. The third-order valence-corrected chi connectivity index (χ3v) is 3.70. The summed E-state index contributed by atoms with van der Waals surface area (Å²) < 4.78 is 4.89. The van der Waals surface area contributed by atoms with Crippen LogP contribution in [-0.4, -0.2) is 16.7 Å². The number of aromatic nitrogens is 1. The number of halogens is 1. The Morgan fingerprint density at radius 2 is 2.00 bits per heavy atom. The van der Waals surface area contributed by atoms with E-state index in [2.05, 4.69) is 10.5 Å². The molecule has 0 saturated heterocycles. The van der Waals surface area contributed by atoms with Gasteiger partial charge in [-0.15, -0.1) is 0 Å². The molecule has 0 bridgehead atoms. The number of nitrogens with one attached hydrogen (secondary N) is 1. The van der Waals surface area contributed by atoms with E-state index in [0.29, 0.717) is 27.5 Å². The molecule has 0 fully saturated rings. The Labute approximate surface area is 123 Å². The first-order valence-electron chi connectivity index (χ1n) is 6.18. The van der Waals surface area contributed by atoms with Gasteiger partial charge in [-0.1, -0.05) is 16.8 Å². The summed E-state index contributed by atoms with van der Waals surface area (Å²) >= 11 is 5.93. The average molecular weight is 299 g/mol. The molecule has 1 N–H and O–H groups in total. The molecule has 2 aliphatic rings. The highest BCUT2D eigenvalue weighted by molar-refractivity contribution is 6.38. The second-order valence-electron chi connectivity index (χ2n) is 4.71. The quantitative estimate of drug-likeness (QED) is 0.757. The molecule has 6 heteroatoms. The van der Waals surface area contributed by atoms with Gasteiger partial charge in [0.2, 0.25) is 5.78 Å². The smallest absolute Gasteiger partial charge is 0.212 e. The standard InChI is InChI=1S/C15H7ClN2O3/c16-7-1-2-8-11(5-7)17-14(15(8)20)13-9-6-21-18-10(9)3-4-12(13)19/h1-6,17H. The average Bonchev–Trinajstić information content (AvgIpc) is 3.04. The van der Waals surface area contributed by atoms with E-state index in [9.17, 15) is 9.59 Å². The van der Waals surface area contributed by atoms with Crippen molar-refractivity contribution in [2.24, 2.45) is 0 Å². The molecule has 1 aliphatic heterocycles. The van der Waals surface area contributed by atoms with Crippen LogP contribution in [0, 0.1) is 0 Å². The zero-order chi connectivity index (χ0) is 14.6. The molecule has 0 saturated carbocycles. The first-order valence-corrected chi connectivity index (χ1v) is 6.55. The number of hydrogen-bond donors (Lipinski definition) is 1.